The minimum absolute atomic E-state index is 0.0607. The molecular formula is C36H41N3O5S. The lowest BCUT2D eigenvalue weighted by atomic mass is 10.0. The summed E-state index contributed by atoms with van der Waals surface area (Å²) in [6, 6.07) is 29.2. The van der Waals surface area contributed by atoms with Crippen LogP contribution in [0, 0.1) is 13.8 Å². The zero-order chi connectivity index (χ0) is 32.6. The van der Waals surface area contributed by atoms with Gasteiger partial charge in [-0.3, -0.25) is 13.9 Å². The number of benzene rings is 4. The highest BCUT2D eigenvalue weighted by molar-refractivity contribution is 7.92. The van der Waals surface area contributed by atoms with Crippen molar-refractivity contribution >= 4 is 27.5 Å². The molecule has 4 rings (SSSR count). The van der Waals surface area contributed by atoms with Crippen molar-refractivity contribution in [2.24, 2.45) is 0 Å². The zero-order valence-electron chi connectivity index (χ0n) is 26.4. The Balaban J connectivity index is 1.83. The van der Waals surface area contributed by atoms with Gasteiger partial charge in [0.25, 0.3) is 10.0 Å². The van der Waals surface area contributed by atoms with Gasteiger partial charge >= 0.3 is 0 Å². The smallest absolute Gasteiger partial charge is 0.264 e. The standard InChI is InChI=1S/C36H41N3O5S/c1-26(2)37-36(41)34(23-29-13-8-6-9-14-29)38(24-30-15-12-16-31(22-30)44-5)35(40)25-39(33-20-19-27(3)21-28(33)4)45(42,43)32-17-10-7-11-18-32/h6-22,26,34H,23-25H2,1-5H3,(H,37,41)/t34-/m1/s1. The van der Waals surface area contributed by atoms with Crippen LogP contribution >= 0.6 is 0 Å². The molecule has 8 nitrogen and oxygen atoms in total. The normalized spacial score (nSPS) is 12.0. The summed E-state index contributed by atoms with van der Waals surface area (Å²) in [4.78, 5) is 29.9. The van der Waals surface area contributed by atoms with Gasteiger partial charge < -0.3 is 15.0 Å². The molecule has 4 aromatic carbocycles. The number of amides is 2. The molecule has 45 heavy (non-hydrogen) atoms. The zero-order valence-corrected chi connectivity index (χ0v) is 27.3. The summed E-state index contributed by atoms with van der Waals surface area (Å²) in [6.45, 7) is 7.02. The molecule has 4 aromatic rings. The summed E-state index contributed by atoms with van der Waals surface area (Å²) < 4.78 is 34.9. The van der Waals surface area contributed by atoms with E-state index in [-0.39, 0.29) is 29.8 Å². The minimum Gasteiger partial charge on any atom is -0.497 e. The maximum atomic E-state index is 14.6. The Kier molecular flexibility index (Phi) is 11.0. The maximum absolute atomic E-state index is 14.6. The third-order valence-corrected chi connectivity index (χ3v) is 9.19. The van der Waals surface area contributed by atoms with Crippen LogP contribution in [0.15, 0.2) is 108 Å². The van der Waals surface area contributed by atoms with E-state index in [0.29, 0.717) is 17.0 Å². The lowest BCUT2D eigenvalue weighted by molar-refractivity contribution is -0.140. The molecule has 0 fully saturated rings. The Morgan fingerprint density at radius 2 is 1.47 bits per heavy atom. The molecule has 0 saturated carbocycles. The highest BCUT2D eigenvalue weighted by atomic mass is 32.2. The van der Waals surface area contributed by atoms with Crippen molar-refractivity contribution in [1.29, 1.82) is 0 Å². The van der Waals surface area contributed by atoms with Gasteiger partial charge in [0.15, 0.2) is 0 Å². The highest BCUT2D eigenvalue weighted by Gasteiger charge is 2.35. The summed E-state index contributed by atoms with van der Waals surface area (Å²) in [5, 5.41) is 2.97. The number of aryl methyl sites for hydroxylation is 2. The summed E-state index contributed by atoms with van der Waals surface area (Å²) in [5.41, 5.74) is 3.67. The van der Waals surface area contributed by atoms with Crippen LogP contribution < -0.4 is 14.4 Å². The molecule has 1 atom stereocenters. The maximum Gasteiger partial charge on any atom is 0.264 e. The molecule has 0 aliphatic heterocycles. The van der Waals surface area contributed by atoms with E-state index in [1.807, 2.05) is 88.4 Å². The SMILES string of the molecule is COc1cccc(CN(C(=O)CN(c2ccc(C)cc2C)S(=O)(=O)c2ccccc2)[C@H](Cc2ccccc2)C(=O)NC(C)C)c1. The fourth-order valence-corrected chi connectivity index (χ4v) is 6.72. The number of nitrogens with zero attached hydrogens (tertiary/aromatic N) is 2. The number of sulfonamides is 1. The van der Waals surface area contributed by atoms with E-state index < -0.39 is 28.5 Å². The molecular weight excluding hydrogens is 586 g/mol. The van der Waals surface area contributed by atoms with Crippen molar-refractivity contribution in [3.8, 4) is 5.75 Å². The predicted octanol–water partition coefficient (Wildman–Crippen LogP) is 5.67. The topological polar surface area (TPSA) is 96.0 Å². The van der Waals surface area contributed by atoms with Crippen LogP contribution in [0.1, 0.15) is 36.1 Å². The first-order chi connectivity index (χ1) is 21.5. The molecule has 9 heteroatoms. The largest absolute Gasteiger partial charge is 0.497 e. The molecule has 0 bridgehead atoms. The van der Waals surface area contributed by atoms with Gasteiger partial charge in [-0.15, -0.1) is 0 Å². The van der Waals surface area contributed by atoms with Gasteiger partial charge in [0.2, 0.25) is 11.8 Å². The lowest BCUT2D eigenvalue weighted by Gasteiger charge is -2.34. The van der Waals surface area contributed by atoms with E-state index in [9.17, 15) is 18.0 Å². The Bertz CT molecular complexity index is 1710. The second-order valence-corrected chi connectivity index (χ2v) is 13.2. The quantitative estimate of drug-likeness (QED) is 0.206. The monoisotopic (exact) mass is 627 g/mol. The van der Waals surface area contributed by atoms with Crippen molar-refractivity contribution in [3.63, 3.8) is 0 Å². The molecule has 0 aromatic heterocycles. The number of anilines is 1. The van der Waals surface area contributed by atoms with Crippen molar-refractivity contribution < 1.29 is 22.7 Å². The number of nitrogens with one attached hydrogen (secondary N) is 1. The third-order valence-electron chi connectivity index (χ3n) is 7.42. The van der Waals surface area contributed by atoms with Gasteiger partial charge in [0.1, 0.15) is 18.3 Å². The highest BCUT2D eigenvalue weighted by Crippen LogP contribution is 2.28. The summed E-state index contributed by atoms with van der Waals surface area (Å²) in [7, 11) is -2.60. The number of carbonyl (C=O) groups excluding carboxylic acids is 2. The van der Waals surface area contributed by atoms with Crippen LogP contribution in [0.3, 0.4) is 0 Å². The number of hydrogen-bond acceptors (Lipinski definition) is 5. The minimum atomic E-state index is -4.16. The van der Waals surface area contributed by atoms with Crippen LogP contribution in [0.2, 0.25) is 0 Å². The number of carbonyl (C=O) groups is 2. The lowest BCUT2D eigenvalue weighted by Crippen LogP contribution is -2.54. The molecule has 0 aliphatic carbocycles. The fourth-order valence-electron chi connectivity index (χ4n) is 5.22. The fraction of sp³-hybridized carbons (Fsp3) is 0.278. The van der Waals surface area contributed by atoms with E-state index in [1.54, 1.807) is 37.4 Å². The summed E-state index contributed by atoms with van der Waals surface area (Å²) in [6.07, 6.45) is 0.240. The average molecular weight is 628 g/mol. The van der Waals surface area contributed by atoms with Gasteiger partial charge in [-0.05, 0) is 74.7 Å². The number of rotatable bonds is 13. The van der Waals surface area contributed by atoms with Crippen molar-refractivity contribution in [1.82, 2.24) is 10.2 Å². The van der Waals surface area contributed by atoms with E-state index in [4.69, 9.17) is 4.74 Å². The number of ether oxygens (including phenoxy) is 1. The predicted molar refractivity (Wildman–Crippen MR) is 178 cm³/mol. The van der Waals surface area contributed by atoms with Gasteiger partial charge in [-0.2, -0.15) is 0 Å². The third kappa shape index (κ3) is 8.51. The van der Waals surface area contributed by atoms with Crippen molar-refractivity contribution in [2.75, 3.05) is 18.0 Å². The molecule has 0 aliphatic rings. The van der Waals surface area contributed by atoms with Crippen LogP contribution in [0.5, 0.6) is 5.75 Å². The average Bonchev–Trinajstić information content (AvgIpc) is 3.02. The van der Waals surface area contributed by atoms with Gasteiger partial charge in [0.05, 0.1) is 17.7 Å². The molecule has 0 heterocycles. The number of hydrogen-bond donors (Lipinski definition) is 1. The first-order valence-corrected chi connectivity index (χ1v) is 16.4. The van der Waals surface area contributed by atoms with Crippen LogP contribution in [-0.2, 0) is 32.6 Å². The summed E-state index contributed by atoms with van der Waals surface area (Å²) >= 11 is 0. The van der Waals surface area contributed by atoms with Gasteiger partial charge in [0, 0.05) is 19.0 Å². The van der Waals surface area contributed by atoms with Crippen molar-refractivity contribution in [3.05, 3.63) is 125 Å². The van der Waals surface area contributed by atoms with E-state index in [0.717, 1.165) is 21.0 Å². The van der Waals surface area contributed by atoms with Gasteiger partial charge in [-0.1, -0.05) is 78.4 Å². The Hall–Kier alpha value is -4.63. The van der Waals surface area contributed by atoms with Crippen LogP contribution in [-0.4, -0.2) is 50.9 Å². The first-order valence-electron chi connectivity index (χ1n) is 14.9. The molecule has 1 N–H and O–H groups in total. The molecule has 0 spiro atoms. The molecule has 236 valence electrons. The Morgan fingerprint density at radius 1 is 0.822 bits per heavy atom. The van der Waals surface area contributed by atoms with E-state index in [1.165, 1.54) is 17.0 Å². The molecule has 0 radical (unpaired) electrons. The van der Waals surface area contributed by atoms with Crippen LogP contribution in [0.4, 0.5) is 5.69 Å². The summed E-state index contributed by atoms with van der Waals surface area (Å²) in [5.74, 6) is -0.235. The Labute approximate surface area is 266 Å². The van der Waals surface area contributed by atoms with E-state index in [2.05, 4.69) is 5.32 Å². The van der Waals surface area contributed by atoms with Crippen molar-refractivity contribution in [2.45, 2.75) is 57.6 Å². The first kappa shape index (κ1) is 33.3. The Morgan fingerprint density at radius 3 is 2.09 bits per heavy atom. The molecule has 2 amide bonds. The van der Waals surface area contributed by atoms with E-state index >= 15 is 0 Å². The molecule has 0 unspecified atom stereocenters. The second-order valence-electron chi connectivity index (χ2n) is 11.4. The molecule has 0 saturated heterocycles. The number of methoxy groups -OCH3 is 1. The second kappa shape index (κ2) is 14.9. The van der Waals surface area contributed by atoms with Crippen LogP contribution in [0.25, 0.3) is 0 Å². The van der Waals surface area contributed by atoms with Gasteiger partial charge in [-0.25, -0.2) is 8.42 Å².